The van der Waals surface area contributed by atoms with Crippen molar-refractivity contribution in [2.75, 3.05) is 20.1 Å². The molecule has 1 N–H and O–H groups in total. The number of aromatic nitrogens is 2. The summed E-state index contributed by atoms with van der Waals surface area (Å²) in [6.45, 7) is 1.68. The largest absolute Gasteiger partial charge is 0.334 e. The molecule has 3 rings (SSSR count). The lowest BCUT2D eigenvalue weighted by atomic mass is 10.1. The van der Waals surface area contributed by atoms with Gasteiger partial charge in [-0.2, -0.15) is 0 Å². The van der Waals surface area contributed by atoms with Gasteiger partial charge in [0.15, 0.2) is 0 Å². The lowest BCUT2D eigenvalue weighted by molar-refractivity contribution is 0.0737. The minimum Gasteiger partial charge on any atom is -0.334 e. The van der Waals surface area contributed by atoms with Gasteiger partial charge in [-0.1, -0.05) is 0 Å². The van der Waals surface area contributed by atoms with E-state index in [9.17, 15) is 4.79 Å². The summed E-state index contributed by atoms with van der Waals surface area (Å²) in [7, 11) is 1.92. The molecule has 1 aromatic carbocycles. The fraction of sp³-hybridized carbons (Fsp3) is 0.400. The first kappa shape index (κ1) is 15.7. The van der Waals surface area contributed by atoms with Crippen LogP contribution in [0, 0.1) is 0 Å². The summed E-state index contributed by atoms with van der Waals surface area (Å²) in [5, 5.41) is 3.16. The lowest BCUT2D eigenvalue weighted by Gasteiger charge is -2.24. The van der Waals surface area contributed by atoms with Crippen molar-refractivity contribution in [1.82, 2.24) is 20.2 Å². The number of carbonyl (C=O) groups excluding carboxylic acids is 1. The third kappa shape index (κ3) is 3.14. The molecule has 1 aliphatic heterocycles. The van der Waals surface area contributed by atoms with Crippen molar-refractivity contribution in [3.05, 3.63) is 36.2 Å². The Morgan fingerprint density at radius 2 is 2.10 bits per heavy atom. The van der Waals surface area contributed by atoms with E-state index in [4.69, 9.17) is 0 Å². The van der Waals surface area contributed by atoms with E-state index in [0.29, 0.717) is 11.6 Å². The molecule has 2 aromatic rings. The zero-order valence-corrected chi connectivity index (χ0v) is 12.8. The Bertz CT molecular complexity index is 634. The maximum Gasteiger partial charge on any atom is 0.254 e. The van der Waals surface area contributed by atoms with E-state index >= 15 is 0 Å². The summed E-state index contributed by atoms with van der Waals surface area (Å²) in [5.74, 6) is 0.0929. The molecule has 1 unspecified atom stereocenters. The Hall–Kier alpha value is -1.72. The second kappa shape index (κ2) is 6.83. The van der Waals surface area contributed by atoms with Crippen molar-refractivity contribution >= 4 is 29.3 Å². The maximum atomic E-state index is 12.6. The van der Waals surface area contributed by atoms with E-state index in [2.05, 4.69) is 15.3 Å². The molecule has 1 aromatic heterocycles. The fourth-order valence-corrected chi connectivity index (χ4v) is 2.81. The van der Waals surface area contributed by atoms with Gasteiger partial charge in [0.25, 0.3) is 5.91 Å². The molecule has 1 atom stereocenters. The Labute approximate surface area is 130 Å². The summed E-state index contributed by atoms with van der Waals surface area (Å²) in [6, 6.07) is 5.83. The van der Waals surface area contributed by atoms with Crippen LogP contribution in [-0.4, -0.2) is 47.0 Å². The summed E-state index contributed by atoms with van der Waals surface area (Å²) < 4.78 is 0. The quantitative estimate of drug-likeness (QED) is 0.940. The number of carbonyl (C=O) groups is 1. The van der Waals surface area contributed by atoms with E-state index in [1.54, 1.807) is 12.4 Å². The third-order valence-electron chi connectivity index (χ3n) is 3.79. The standard InChI is InChI=1S/C15H18N4O.ClH/c1-16-10-12-3-2-8-19(12)15(20)11-4-5-13-14(9-11)18-7-6-17-13;/h4-7,9,12,16H,2-3,8,10H2,1H3;1H. The number of likely N-dealkylation sites (N-methyl/N-ethyl adjacent to an activating group) is 1. The van der Waals surface area contributed by atoms with Gasteiger partial charge in [-0.3, -0.25) is 14.8 Å². The van der Waals surface area contributed by atoms with Gasteiger partial charge in [0.05, 0.1) is 11.0 Å². The number of hydrogen-bond acceptors (Lipinski definition) is 4. The first-order chi connectivity index (χ1) is 9.79. The van der Waals surface area contributed by atoms with E-state index in [0.717, 1.165) is 37.0 Å². The average molecular weight is 307 g/mol. The Balaban J connectivity index is 0.00000161. The zero-order chi connectivity index (χ0) is 13.9. The number of benzene rings is 1. The van der Waals surface area contributed by atoms with Crippen molar-refractivity contribution < 1.29 is 4.79 Å². The van der Waals surface area contributed by atoms with Crippen LogP contribution < -0.4 is 5.32 Å². The predicted molar refractivity (Wildman–Crippen MR) is 84.8 cm³/mol. The molecular weight excluding hydrogens is 288 g/mol. The van der Waals surface area contributed by atoms with Crippen molar-refractivity contribution in [1.29, 1.82) is 0 Å². The lowest BCUT2D eigenvalue weighted by Crippen LogP contribution is -2.40. The summed E-state index contributed by atoms with van der Waals surface area (Å²) in [4.78, 5) is 23.1. The Morgan fingerprint density at radius 3 is 2.86 bits per heavy atom. The molecule has 0 aliphatic carbocycles. The van der Waals surface area contributed by atoms with Gasteiger partial charge in [0.1, 0.15) is 0 Å². The SMILES string of the molecule is CNCC1CCCN1C(=O)c1ccc2nccnc2c1.Cl. The maximum absolute atomic E-state index is 12.6. The van der Waals surface area contributed by atoms with Crippen molar-refractivity contribution in [3.63, 3.8) is 0 Å². The molecule has 6 heteroatoms. The molecule has 0 radical (unpaired) electrons. The zero-order valence-electron chi connectivity index (χ0n) is 12.0. The van der Waals surface area contributed by atoms with Crippen LogP contribution in [0.25, 0.3) is 11.0 Å². The molecule has 1 saturated heterocycles. The Kier molecular flexibility index (Phi) is 5.09. The van der Waals surface area contributed by atoms with Gasteiger partial charge >= 0.3 is 0 Å². The molecule has 1 aliphatic rings. The van der Waals surface area contributed by atoms with Crippen molar-refractivity contribution in [2.45, 2.75) is 18.9 Å². The van der Waals surface area contributed by atoms with Crippen LogP contribution >= 0.6 is 12.4 Å². The van der Waals surface area contributed by atoms with Gasteiger partial charge in [-0.25, -0.2) is 0 Å². The van der Waals surface area contributed by atoms with Crippen LogP contribution in [0.5, 0.6) is 0 Å². The van der Waals surface area contributed by atoms with Crippen LogP contribution in [0.3, 0.4) is 0 Å². The highest BCUT2D eigenvalue weighted by atomic mass is 35.5. The molecule has 5 nitrogen and oxygen atoms in total. The monoisotopic (exact) mass is 306 g/mol. The summed E-state index contributed by atoms with van der Waals surface area (Å²) in [6.07, 6.45) is 5.45. The Morgan fingerprint density at radius 1 is 1.33 bits per heavy atom. The molecule has 1 amide bonds. The smallest absolute Gasteiger partial charge is 0.254 e. The second-order valence-corrected chi connectivity index (χ2v) is 5.11. The highest BCUT2D eigenvalue weighted by Gasteiger charge is 2.28. The normalized spacial score (nSPS) is 17.8. The van der Waals surface area contributed by atoms with Crippen molar-refractivity contribution in [2.24, 2.45) is 0 Å². The van der Waals surface area contributed by atoms with Crippen LogP contribution in [0.2, 0.25) is 0 Å². The van der Waals surface area contributed by atoms with Crippen LogP contribution in [0.15, 0.2) is 30.6 Å². The number of halogens is 1. The number of rotatable bonds is 3. The molecule has 0 bridgehead atoms. The molecule has 1 fully saturated rings. The highest BCUT2D eigenvalue weighted by molar-refractivity contribution is 5.97. The minimum atomic E-state index is 0. The van der Waals surface area contributed by atoms with Crippen LogP contribution in [0.4, 0.5) is 0 Å². The summed E-state index contributed by atoms with van der Waals surface area (Å²) in [5.41, 5.74) is 2.28. The average Bonchev–Trinajstić information content (AvgIpc) is 2.94. The molecule has 21 heavy (non-hydrogen) atoms. The van der Waals surface area contributed by atoms with Crippen LogP contribution in [-0.2, 0) is 0 Å². The van der Waals surface area contributed by atoms with E-state index < -0.39 is 0 Å². The molecule has 0 spiro atoms. The van der Waals surface area contributed by atoms with Gasteiger partial charge in [-0.05, 0) is 38.1 Å². The van der Waals surface area contributed by atoms with Crippen molar-refractivity contribution in [3.8, 4) is 0 Å². The van der Waals surface area contributed by atoms with E-state index in [-0.39, 0.29) is 18.3 Å². The van der Waals surface area contributed by atoms with Gasteiger partial charge in [-0.15, -0.1) is 12.4 Å². The minimum absolute atomic E-state index is 0. The molecular formula is C15H19ClN4O. The number of likely N-dealkylation sites (tertiary alicyclic amines) is 1. The number of nitrogens with one attached hydrogen (secondary N) is 1. The highest BCUT2D eigenvalue weighted by Crippen LogP contribution is 2.21. The predicted octanol–water partition coefficient (Wildman–Crippen LogP) is 1.88. The number of hydrogen-bond donors (Lipinski definition) is 1. The first-order valence-corrected chi connectivity index (χ1v) is 6.96. The second-order valence-electron chi connectivity index (χ2n) is 5.11. The molecule has 112 valence electrons. The van der Waals surface area contributed by atoms with Gasteiger partial charge < -0.3 is 10.2 Å². The first-order valence-electron chi connectivity index (χ1n) is 6.96. The topological polar surface area (TPSA) is 58.1 Å². The van der Waals surface area contributed by atoms with E-state index in [1.165, 1.54) is 0 Å². The number of nitrogens with zero attached hydrogens (tertiary/aromatic N) is 3. The third-order valence-corrected chi connectivity index (χ3v) is 3.79. The van der Waals surface area contributed by atoms with Crippen LogP contribution in [0.1, 0.15) is 23.2 Å². The number of amides is 1. The van der Waals surface area contributed by atoms with Gasteiger partial charge in [0.2, 0.25) is 0 Å². The summed E-state index contributed by atoms with van der Waals surface area (Å²) >= 11 is 0. The number of fused-ring (bicyclic) bond motifs is 1. The molecule has 0 saturated carbocycles. The fourth-order valence-electron chi connectivity index (χ4n) is 2.81. The molecule has 2 heterocycles. The van der Waals surface area contributed by atoms with Gasteiger partial charge in [0, 0.05) is 37.1 Å². The van der Waals surface area contributed by atoms with E-state index in [1.807, 2.05) is 30.1 Å².